The number of methoxy groups -OCH3 is 1. The van der Waals surface area contributed by atoms with Crippen molar-refractivity contribution >= 4 is 11.8 Å². The molecule has 0 atom stereocenters. The van der Waals surface area contributed by atoms with Crippen LogP contribution >= 0.6 is 0 Å². The van der Waals surface area contributed by atoms with Crippen molar-refractivity contribution in [2.45, 2.75) is 39.8 Å². The molecule has 1 heterocycles. The summed E-state index contributed by atoms with van der Waals surface area (Å²) in [4.78, 5) is 29.9. The Morgan fingerprint density at radius 2 is 1.78 bits per heavy atom. The minimum absolute atomic E-state index is 0.0676. The highest BCUT2D eigenvalue weighted by atomic mass is 19.1. The molecule has 2 aromatic carbocycles. The Labute approximate surface area is 213 Å². The molecule has 0 aliphatic heterocycles. The smallest absolute Gasteiger partial charge is 0.254 e. The van der Waals surface area contributed by atoms with Crippen molar-refractivity contribution in [2.75, 3.05) is 33.4 Å². The molecule has 0 aliphatic carbocycles. The van der Waals surface area contributed by atoms with Crippen molar-refractivity contribution in [3.8, 4) is 0 Å². The number of aryl methyl sites for hydroxylation is 1. The van der Waals surface area contributed by atoms with Crippen molar-refractivity contribution in [3.63, 3.8) is 0 Å². The molecule has 0 saturated heterocycles. The van der Waals surface area contributed by atoms with E-state index in [2.05, 4.69) is 42.7 Å². The predicted octanol–water partition coefficient (Wildman–Crippen LogP) is 4.90. The molecule has 7 heteroatoms. The van der Waals surface area contributed by atoms with Gasteiger partial charge in [0.2, 0.25) is 5.91 Å². The van der Waals surface area contributed by atoms with E-state index in [9.17, 15) is 14.0 Å². The van der Waals surface area contributed by atoms with Crippen LogP contribution in [0, 0.1) is 12.7 Å². The normalized spacial score (nSPS) is 10.9. The van der Waals surface area contributed by atoms with Gasteiger partial charge in [-0.15, -0.1) is 0 Å². The fourth-order valence-electron chi connectivity index (χ4n) is 4.08. The number of ether oxygens (including phenoxy) is 1. The molecule has 36 heavy (non-hydrogen) atoms. The Kier molecular flexibility index (Phi) is 10.2. The first-order valence-electron chi connectivity index (χ1n) is 12.4. The van der Waals surface area contributed by atoms with Crippen molar-refractivity contribution in [1.29, 1.82) is 0 Å². The zero-order valence-corrected chi connectivity index (χ0v) is 21.5. The highest BCUT2D eigenvalue weighted by Gasteiger charge is 2.23. The molecular formula is C29H36FN3O3. The Bertz CT molecular complexity index is 1130. The van der Waals surface area contributed by atoms with Gasteiger partial charge in [0, 0.05) is 44.2 Å². The second-order valence-corrected chi connectivity index (χ2v) is 9.01. The maximum atomic E-state index is 13.5. The number of carbonyl (C=O) groups is 2. The fourth-order valence-corrected chi connectivity index (χ4v) is 4.08. The van der Waals surface area contributed by atoms with E-state index in [-0.39, 0.29) is 24.9 Å². The number of nitrogens with zero attached hydrogens (tertiary/aromatic N) is 3. The van der Waals surface area contributed by atoms with Crippen LogP contribution in [0.5, 0.6) is 0 Å². The largest absolute Gasteiger partial charge is 0.383 e. The topological polar surface area (TPSA) is 54.8 Å². The number of rotatable bonds is 13. The third-order valence-corrected chi connectivity index (χ3v) is 6.12. The first-order valence-corrected chi connectivity index (χ1v) is 12.4. The molecular weight excluding hydrogens is 457 g/mol. The van der Waals surface area contributed by atoms with E-state index >= 15 is 0 Å². The van der Waals surface area contributed by atoms with Gasteiger partial charge >= 0.3 is 0 Å². The van der Waals surface area contributed by atoms with E-state index in [1.165, 1.54) is 40.3 Å². The lowest BCUT2D eigenvalue weighted by molar-refractivity contribution is -0.132. The molecule has 1 aromatic heterocycles. The molecule has 0 bridgehead atoms. The third kappa shape index (κ3) is 7.78. The van der Waals surface area contributed by atoms with Gasteiger partial charge in [0.05, 0.1) is 13.2 Å². The summed E-state index contributed by atoms with van der Waals surface area (Å²) in [6.45, 7) is 6.46. The summed E-state index contributed by atoms with van der Waals surface area (Å²) in [6.07, 6.45) is 3.85. The van der Waals surface area contributed by atoms with E-state index in [0.717, 1.165) is 25.1 Å². The van der Waals surface area contributed by atoms with Gasteiger partial charge < -0.3 is 19.1 Å². The second-order valence-electron chi connectivity index (χ2n) is 9.01. The Morgan fingerprint density at radius 1 is 1.00 bits per heavy atom. The van der Waals surface area contributed by atoms with Crippen LogP contribution in [0.15, 0.2) is 66.9 Å². The zero-order chi connectivity index (χ0) is 25.9. The number of unbranched alkanes of at least 4 members (excludes halogenated alkanes) is 1. The van der Waals surface area contributed by atoms with Crippen LogP contribution in [-0.2, 0) is 22.6 Å². The number of halogens is 1. The Hall–Kier alpha value is -3.45. The van der Waals surface area contributed by atoms with Crippen LogP contribution < -0.4 is 0 Å². The molecule has 0 spiro atoms. The van der Waals surface area contributed by atoms with Crippen LogP contribution in [0.2, 0.25) is 0 Å². The van der Waals surface area contributed by atoms with Gasteiger partial charge in [-0.3, -0.25) is 9.59 Å². The number of benzene rings is 2. The van der Waals surface area contributed by atoms with Crippen molar-refractivity contribution in [2.24, 2.45) is 0 Å². The summed E-state index contributed by atoms with van der Waals surface area (Å²) in [5, 5.41) is 0. The lowest BCUT2D eigenvalue weighted by Crippen LogP contribution is -2.44. The second kappa shape index (κ2) is 13.6. The van der Waals surface area contributed by atoms with Crippen LogP contribution in [0.1, 0.15) is 46.9 Å². The SMILES string of the molecule is CCCCN(Cc1cccn1Cc1cccc(C)c1)C(=O)CN(CCOC)C(=O)c1ccc(F)cc1. The molecule has 0 unspecified atom stereocenters. The summed E-state index contributed by atoms with van der Waals surface area (Å²) in [7, 11) is 1.55. The van der Waals surface area contributed by atoms with Gasteiger partial charge in [-0.25, -0.2) is 4.39 Å². The molecule has 192 valence electrons. The van der Waals surface area contributed by atoms with Crippen LogP contribution in [-0.4, -0.2) is 59.5 Å². The number of carbonyl (C=O) groups excluding carboxylic acids is 2. The molecule has 0 fully saturated rings. The summed E-state index contributed by atoms with van der Waals surface area (Å²) in [6, 6.07) is 17.8. The average Bonchev–Trinajstić information content (AvgIpc) is 3.30. The number of hydrogen-bond donors (Lipinski definition) is 0. The highest BCUT2D eigenvalue weighted by Crippen LogP contribution is 2.14. The van der Waals surface area contributed by atoms with Crippen molar-refractivity contribution in [1.82, 2.24) is 14.4 Å². The van der Waals surface area contributed by atoms with Gasteiger partial charge in [-0.05, 0) is 55.3 Å². The first kappa shape index (κ1) is 27.1. The standard InChI is InChI=1S/C29H36FN3O3/c1-4-5-15-32(21-27-10-7-16-31(27)20-24-9-6-8-23(2)19-24)28(34)22-33(17-18-36-3)29(35)25-11-13-26(30)14-12-25/h6-14,16,19H,4-5,15,17-18,20-22H2,1-3H3. The van der Waals surface area contributed by atoms with Crippen LogP contribution in [0.3, 0.4) is 0 Å². The summed E-state index contributed by atoms with van der Waals surface area (Å²) in [5.74, 6) is -0.859. The summed E-state index contributed by atoms with van der Waals surface area (Å²) in [5.41, 5.74) is 3.79. The molecule has 0 saturated carbocycles. The Morgan fingerprint density at radius 3 is 2.47 bits per heavy atom. The van der Waals surface area contributed by atoms with Gasteiger partial charge in [-0.1, -0.05) is 43.2 Å². The number of hydrogen-bond acceptors (Lipinski definition) is 3. The maximum absolute atomic E-state index is 13.5. The molecule has 0 radical (unpaired) electrons. The van der Waals surface area contributed by atoms with E-state index in [1.54, 1.807) is 7.11 Å². The highest BCUT2D eigenvalue weighted by molar-refractivity contribution is 5.96. The molecule has 6 nitrogen and oxygen atoms in total. The quantitative estimate of drug-likeness (QED) is 0.340. The number of aromatic nitrogens is 1. The van der Waals surface area contributed by atoms with E-state index in [1.807, 2.05) is 23.2 Å². The van der Waals surface area contributed by atoms with E-state index in [0.29, 0.717) is 25.3 Å². The summed E-state index contributed by atoms with van der Waals surface area (Å²) < 4.78 is 20.7. The lowest BCUT2D eigenvalue weighted by Gasteiger charge is -2.28. The lowest BCUT2D eigenvalue weighted by atomic mass is 10.1. The zero-order valence-electron chi connectivity index (χ0n) is 21.5. The van der Waals surface area contributed by atoms with E-state index < -0.39 is 5.82 Å². The monoisotopic (exact) mass is 493 g/mol. The Balaban J connectivity index is 1.75. The predicted molar refractivity (Wildman–Crippen MR) is 139 cm³/mol. The van der Waals surface area contributed by atoms with Gasteiger partial charge in [0.25, 0.3) is 5.91 Å². The van der Waals surface area contributed by atoms with Gasteiger partial charge in [-0.2, -0.15) is 0 Å². The van der Waals surface area contributed by atoms with Crippen LogP contribution in [0.4, 0.5) is 4.39 Å². The molecule has 0 aliphatic rings. The fraction of sp³-hybridized carbons (Fsp3) is 0.379. The maximum Gasteiger partial charge on any atom is 0.254 e. The summed E-state index contributed by atoms with van der Waals surface area (Å²) >= 11 is 0. The van der Waals surface area contributed by atoms with Gasteiger partial charge in [0.15, 0.2) is 0 Å². The third-order valence-electron chi connectivity index (χ3n) is 6.12. The number of amides is 2. The minimum Gasteiger partial charge on any atom is -0.383 e. The van der Waals surface area contributed by atoms with E-state index in [4.69, 9.17) is 4.74 Å². The molecule has 0 N–H and O–H groups in total. The van der Waals surface area contributed by atoms with Crippen molar-refractivity contribution in [3.05, 3.63) is 95.1 Å². The molecule has 3 rings (SSSR count). The average molecular weight is 494 g/mol. The minimum atomic E-state index is -0.412. The van der Waals surface area contributed by atoms with Gasteiger partial charge in [0.1, 0.15) is 12.4 Å². The molecule has 3 aromatic rings. The first-order chi connectivity index (χ1) is 17.4. The van der Waals surface area contributed by atoms with Crippen LogP contribution in [0.25, 0.3) is 0 Å². The molecule has 2 amide bonds. The van der Waals surface area contributed by atoms with Crippen molar-refractivity contribution < 1.29 is 18.7 Å².